The topological polar surface area (TPSA) is 55.8 Å². The largest absolute Gasteiger partial charge is 0.493 e. The maximum atomic E-state index is 14.3. The Balaban J connectivity index is 2.10. The van der Waals surface area contributed by atoms with Crippen LogP contribution >= 0.6 is 0 Å². The fourth-order valence-electron chi connectivity index (χ4n) is 3.03. The van der Waals surface area contributed by atoms with Gasteiger partial charge in [0, 0.05) is 0 Å². The summed E-state index contributed by atoms with van der Waals surface area (Å²) in [6, 6.07) is 16.1. The molecule has 30 heavy (non-hydrogen) atoms. The first-order valence-corrected chi connectivity index (χ1v) is 10.8. The van der Waals surface area contributed by atoms with Crippen LogP contribution in [0.15, 0.2) is 65.6 Å². The van der Waals surface area contributed by atoms with Crippen molar-refractivity contribution in [2.75, 3.05) is 18.5 Å². The molecule has 3 aromatic rings. The van der Waals surface area contributed by atoms with Gasteiger partial charge in [-0.15, -0.1) is 0 Å². The fraction of sp³-hybridized carbons (Fsp3) is 0.217. The lowest BCUT2D eigenvalue weighted by molar-refractivity contribution is 0.354. The zero-order valence-corrected chi connectivity index (χ0v) is 18.2. The number of anilines is 1. The van der Waals surface area contributed by atoms with Crippen LogP contribution in [0, 0.1) is 19.7 Å². The number of ether oxygens (including phenoxy) is 2. The van der Waals surface area contributed by atoms with Crippen LogP contribution < -0.4 is 13.8 Å². The fourth-order valence-corrected chi connectivity index (χ4v) is 4.48. The van der Waals surface area contributed by atoms with Crippen molar-refractivity contribution in [2.24, 2.45) is 0 Å². The van der Waals surface area contributed by atoms with Crippen molar-refractivity contribution in [2.45, 2.75) is 25.3 Å². The van der Waals surface area contributed by atoms with Gasteiger partial charge in [-0.05, 0) is 61.4 Å². The molecule has 0 saturated carbocycles. The lowest BCUT2D eigenvalue weighted by Crippen LogP contribution is -2.30. The van der Waals surface area contributed by atoms with Gasteiger partial charge in [-0.1, -0.05) is 29.8 Å². The van der Waals surface area contributed by atoms with Gasteiger partial charge in [-0.25, -0.2) is 12.8 Å². The Morgan fingerprint density at radius 2 is 1.53 bits per heavy atom. The van der Waals surface area contributed by atoms with Crippen LogP contribution in [0.1, 0.15) is 16.7 Å². The minimum Gasteiger partial charge on any atom is -0.493 e. The second-order valence-corrected chi connectivity index (χ2v) is 8.81. The van der Waals surface area contributed by atoms with Crippen LogP contribution in [-0.4, -0.2) is 22.6 Å². The molecule has 0 heterocycles. The Morgan fingerprint density at radius 3 is 2.13 bits per heavy atom. The van der Waals surface area contributed by atoms with Gasteiger partial charge in [0.25, 0.3) is 10.0 Å². The highest BCUT2D eigenvalue weighted by atomic mass is 32.2. The molecule has 0 aliphatic heterocycles. The van der Waals surface area contributed by atoms with Crippen molar-refractivity contribution in [3.8, 4) is 11.5 Å². The summed E-state index contributed by atoms with van der Waals surface area (Å²) in [5, 5.41) is 0. The average Bonchev–Trinajstić information content (AvgIpc) is 2.74. The van der Waals surface area contributed by atoms with Crippen molar-refractivity contribution in [1.82, 2.24) is 0 Å². The monoisotopic (exact) mass is 429 g/mol. The van der Waals surface area contributed by atoms with Gasteiger partial charge in [-0.2, -0.15) is 0 Å². The van der Waals surface area contributed by atoms with Gasteiger partial charge in [0.15, 0.2) is 11.5 Å². The van der Waals surface area contributed by atoms with E-state index in [4.69, 9.17) is 9.47 Å². The van der Waals surface area contributed by atoms with Gasteiger partial charge in [-0.3, -0.25) is 4.31 Å². The molecule has 0 unspecified atom stereocenters. The van der Waals surface area contributed by atoms with Gasteiger partial charge in [0.05, 0.1) is 31.3 Å². The Kier molecular flexibility index (Phi) is 6.31. The number of methoxy groups -OCH3 is 2. The number of hydrogen-bond acceptors (Lipinski definition) is 4. The van der Waals surface area contributed by atoms with Crippen molar-refractivity contribution in [1.29, 1.82) is 0 Å². The first kappa shape index (κ1) is 21.6. The molecule has 0 amide bonds. The number of halogens is 1. The number of nitrogens with zero attached hydrogens (tertiary/aromatic N) is 1. The molecule has 0 radical (unpaired) electrons. The Hall–Kier alpha value is -3.06. The van der Waals surface area contributed by atoms with Gasteiger partial charge >= 0.3 is 0 Å². The van der Waals surface area contributed by atoms with E-state index in [0.29, 0.717) is 22.6 Å². The van der Waals surface area contributed by atoms with Crippen LogP contribution in [0.4, 0.5) is 10.1 Å². The summed E-state index contributed by atoms with van der Waals surface area (Å²) in [5.74, 6) is 0.553. The van der Waals surface area contributed by atoms with Gasteiger partial charge in [0.1, 0.15) is 5.82 Å². The van der Waals surface area contributed by atoms with E-state index in [-0.39, 0.29) is 17.1 Å². The van der Waals surface area contributed by atoms with E-state index in [1.165, 1.54) is 24.6 Å². The van der Waals surface area contributed by atoms with E-state index in [1.807, 2.05) is 6.92 Å². The lowest BCUT2D eigenvalue weighted by atomic mass is 10.1. The molecule has 0 aliphatic rings. The SMILES string of the molecule is COc1ccc(CN(c2ccc(C)c(F)c2)S(=O)(=O)c2ccc(C)cc2)cc1OC. The molecular weight excluding hydrogens is 405 g/mol. The summed E-state index contributed by atoms with van der Waals surface area (Å²) in [6.45, 7) is 3.51. The molecule has 5 nitrogen and oxygen atoms in total. The Labute approximate surface area is 176 Å². The van der Waals surface area contributed by atoms with E-state index >= 15 is 0 Å². The van der Waals surface area contributed by atoms with E-state index in [9.17, 15) is 12.8 Å². The molecule has 0 N–H and O–H groups in total. The quantitative estimate of drug-likeness (QED) is 0.539. The maximum absolute atomic E-state index is 14.3. The second kappa shape index (κ2) is 8.75. The molecule has 0 saturated heterocycles. The minimum atomic E-state index is -3.94. The molecule has 0 spiro atoms. The summed E-state index contributed by atoms with van der Waals surface area (Å²) in [4.78, 5) is 0.134. The first-order chi connectivity index (χ1) is 14.3. The zero-order chi connectivity index (χ0) is 21.9. The van der Waals surface area contributed by atoms with E-state index in [2.05, 4.69) is 0 Å². The molecule has 3 aromatic carbocycles. The molecule has 158 valence electrons. The van der Waals surface area contributed by atoms with Crippen LogP contribution in [0.5, 0.6) is 11.5 Å². The lowest BCUT2D eigenvalue weighted by Gasteiger charge is -2.25. The normalized spacial score (nSPS) is 11.2. The van der Waals surface area contributed by atoms with Crippen molar-refractivity contribution in [3.63, 3.8) is 0 Å². The number of benzene rings is 3. The molecule has 7 heteroatoms. The first-order valence-electron chi connectivity index (χ1n) is 9.32. The highest BCUT2D eigenvalue weighted by Crippen LogP contribution is 2.31. The van der Waals surface area contributed by atoms with Crippen LogP contribution in [0.25, 0.3) is 0 Å². The average molecular weight is 430 g/mol. The van der Waals surface area contributed by atoms with Crippen molar-refractivity contribution in [3.05, 3.63) is 83.2 Å². The molecule has 0 atom stereocenters. The van der Waals surface area contributed by atoms with E-state index in [0.717, 1.165) is 5.56 Å². The van der Waals surface area contributed by atoms with Crippen LogP contribution in [-0.2, 0) is 16.6 Å². The van der Waals surface area contributed by atoms with Crippen molar-refractivity contribution < 1.29 is 22.3 Å². The minimum absolute atomic E-state index is 0.000928. The number of sulfonamides is 1. The predicted molar refractivity (Wildman–Crippen MR) is 115 cm³/mol. The molecule has 0 aromatic heterocycles. The second-order valence-electron chi connectivity index (χ2n) is 6.95. The Bertz CT molecular complexity index is 1140. The summed E-state index contributed by atoms with van der Waals surface area (Å²) in [7, 11) is -0.899. The molecule has 3 rings (SSSR count). The number of hydrogen-bond donors (Lipinski definition) is 0. The maximum Gasteiger partial charge on any atom is 0.264 e. The number of rotatable bonds is 7. The summed E-state index contributed by atoms with van der Waals surface area (Å²) < 4.78 is 53.0. The van der Waals surface area contributed by atoms with Crippen molar-refractivity contribution >= 4 is 15.7 Å². The third kappa shape index (κ3) is 4.41. The molecule has 0 aliphatic carbocycles. The number of aryl methyl sites for hydroxylation is 2. The smallest absolute Gasteiger partial charge is 0.264 e. The van der Waals surface area contributed by atoms with E-state index < -0.39 is 15.8 Å². The molecule has 0 fully saturated rings. The van der Waals surface area contributed by atoms with Crippen LogP contribution in [0.3, 0.4) is 0 Å². The third-order valence-corrected chi connectivity index (χ3v) is 6.61. The van der Waals surface area contributed by atoms with Crippen LogP contribution in [0.2, 0.25) is 0 Å². The predicted octanol–water partition coefficient (Wildman–Crippen LogP) is 4.86. The summed E-state index contributed by atoms with van der Waals surface area (Å²) in [6.07, 6.45) is 0. The van der Waals surface area contributed by atoms with E-state index in [1.54, 1.807) is 61.5 Å². The summed E-state index contributed by atoms with van der Waals surface area (Å²) in [5.41, 5.74) is 2.30. The van der Waals surface area contributed by atoms with Gasteiger partial charge in [0.2, 0.25) is 0 Å². The highest BCUT2D eigenvalue weighted by Gasteiger charge is 2.26. The molecule has 0 bridgehead atoms. The van der Waals surface area contributed by atoms with Gasteiger partial charge < -0.3 is 9.47 Å². The summed E-state index contributed by atoms with van der Waals surface area (Å²) >= 11 is 0. The molecular formula is C23H24FNO4S. The third-order valence-electron chi connectivity index (χ3n) is 4.83. The standard InChI is InChI=1S/C23H24FNO4S/c1-16-5-10-20(11-6-16)30(26,27)25(19-9-7-17(2)21(24)14-19)15-18-8-12-22(28-3)23(13-18)29-4/h5-14H,15H2,1-4H3. The Morgan fingerprint density at radius 1 is 0.867 bits per heavy atom. The zero-order valence-electron chi connectivity index (χ0n) is 17.3. The highest BCUT2D eigenvalue weighted by molar-refractivity contribution is 7.92.